The molecule has 0 bridgehead atoms. The number of carbonyl (C=O) groups is 1. The van der Waals surface area contributed by atoms with E-state index in [1.54, 1.807) is 18.2 Å². The molecule has 0 spiro atoms. The Morgan fingerprint density at radius 1 is 0.973 bits per heavy atom. The van der Waals surface area contributed by atoms with Gasteiger partial charge >= 0.3 is 0 Å². The van der Waals surface area contributed by atoms with E-state index in [9.17, 15) is 23.3 Å². The van der Waals surface area contributed by atoms with Crippen LogP contribution >= 0.6 is 0 Å². The number of hydrogen-bond donors (Lipinski definition) is 1. The lowest BCUT2D eigenvalue weighted by atomic mass is 10.1. The maximum absolute atomic E-state index is 13.4. The van der Waals surface area contributed by atoms with Gasteiger partial charge in [-0.05, 0) is 35.4 Å². The highest BCUT2D eigenvalue weighted by Crippen LogP contribution is 2.25. The van der Waals surface area contributed by atoms with E-state index >= 15 is 0 Å². The van der Waals surface area contributed by atoms with Gasteiger partial charge in [-0.25, -0.2) is 8.42 Å². The number of rotatable bonds is 10. The van der Waals surface area contributed by atoms with Crippen LogP contribution < -0.4 is 9.62 Å². The summed E-state index contributed by atoms with van der Waals surface area (Å²) >= 11 is 0. The molecular formula is C26H28N4O6S. The predicted molar refractivity (Wildman–Crippen MR) is 138 cm³/mol. The van der Waals surface area contributed by atoms with Crippen molar-refractivity contribution in [2.45, 2.75) is 18.0 Å². The Morgan fingerprint density at radius 3 is 2.32 bits per heavy atom. The summed E-state index contributed by atoms with van der Waals surface area (Å²) in [5.41, 5.74) is 1.99. The second-order valence-corrected chi connectivity index (χ2v) is 10.4. The number of ether oxygens (including phenoxy) is 1. The lowest BCUT2D eigenvalue weighted by Gasteiger charge is -2.26. The molecule has 0 aliphatic carbocycles. The molecule has 4 rings (SSSR count). The van der Waals surface area contributed by atoms with Gasteiger partial charge in [0, 0.05) is 38.3 Å². The summed E-state index contributed by atoms with van der Waals surface area (Å²) in [7, 11) is -4.10. The molecule has 0 radical (unpaired) electrons. The molecule has 11 heteroatoms. The summed E-state index contributed by atoms with van der Waals surface area (Å²) in [6.07, 6.45) is 0. The second-order valence-electron chi connectivity index (χ2n) is 8.58. The largest absolute Gasteiger partial charge is 0.379 e. The number of carbonyl (C=O) groups excluding carboxylic acids is 1. The van der Waals surface area contributed by atoms with Gasteiger partial charge < -0.3 is 10.1 Å². The molecule has 1 aliphatic rings. The van der Waals surface area contributed by atoms with Crippen molar-refractivity contribution in [3.63, 3.8) is 0 Å². The van der Waals surface area contributed by atoms with Crippen LogP contribution in [0.25, 0.3) is 0 Å². The molecule has 0 unspecified atom stereocenters. The molecule has 1 amide bonds. The van der Waals surface area contributed by atoms with Crippen molar-refractivity contribution in [2.75, 3.05) is 37.2 Å². The summed E-state index contributed by atoms with van der Waals surface area (Å²) in [6.45, 7) is 3.70. The monoisotopic (exact) mass is 524 g/mol. The molecule has 0 saturated carbocycles. The number of morpholine rings is 1. The molecule has 0 aromatic heterocycles. The smallest absolute Gasteiger partial charge is 0.269 e. The molecule has 37 heavy (non-hydrogen) atoms. The third-order valence-electron chi connectivity index (χ3n) is 5.96. The minimum Gasteiger partial charge on any atom is -0.379 e. The molecule has 10 nitrogen and oxygen atoms in total. The molecule has 1 saturated heterocycles. The van der Waals surface area contributed by atoms with E-state index in [4.69, 9.17) is 4.74 Å². The fourth-order valence-electron chi connectivity index (χ4n) is 4.02. The molecule has 1 heterocycles. The van der Waals surface area contributed by atoms with Crippen molar-refractivity contribution < 1.29 is 22.9 Å². The zero-order chi connectivity index (χ0) is 26.3. The Balaban J connectivity index is 1.47. The van der Waals surface area contributed by atoms with Crippen molar-refractivity contribution in [3.05, 3.63) is 100 Å². The minimum atomic E-state index is -4.10. The number of non-ortho nitro benzene ring substituents is 1. The van der Waals surface area contributed by atoms with Crippen LogP contribution in [0.4, 0.5) is 11.4 Å². The number of sulfonamides is 1. The van der Waals surface area contributed by atoms with E-state index in [2.05, 4.69) is 10.2 Å². The van der Waals surface area contributed by atoms with Gasteiger partial charge in [0.05, 0.1) is 28.7 Å². The number of hydrogen-bond acceptors (Lipinski definition) is 7. The van der Waals surface area contributed by atoms with Crippen molar-refractivity contribution in [1.82, 2.24) is 10.2 Å². The number of nitrogens with zero attached hydrogens (tertiary/aromatic N) is 3. The number of nitrogens with one attached hydrogen (secondary N) is 1. The van der Waals surface area contributed by atoms with Crippen LogP contribution in [-0.2, 0) is 32.6 Å². The second kappa shape index (κ2) is 12.0. The molecule has 3 aromatic rings. The molecule has 3 aromatic carbocycles. The highest BCUT2D eigenvalue weighted by Gasteiger charge is 2.27. The Kier molecular flexibility index (Phi) is 8.49. The molecule has 194 valence electrons. The van der Waals surface area contributed by atoms with Gasteiger partial charge in [0.25, 0.3) is 15.7 Å². The minimum absolute atomic E-state index is 0.0111. The van der Waals surface area contributed by atoms with Crippen molar-refractivity contribution in [2.24, 2.45) is 0 Å². The first kappa shape index (κ1) is 26.3. The lowest BCUT2D eigenvalue weighted by molar-refractivity contribution is -0.384. The SMILES string of the molecule is O=C(CN(c1ccc([N+](=O)[O-])cc1)S(=O)(=O)c1ccccc1)NCc1cccc(CN2CCOCC2)c1. The third kappa shape index (κ3) is 6.91. The topological polar surface area (TPSA) is 122 Å². The van der Waals surface area contributed by atoms with Gasteiger partial charge in [0.15, 0.2) is 0 Å². The summed E-state index contributed by atoms with van der Waals surface area (Å²) in [4.78, 5) is 25.7. The van der Waals surface area contributed by atoms with Crippen LogP contribution in [0.3, 0.4) is 0 Å². The van der Waals surface area contributed by atoms with Crippen LogP contribution in [0.2, 0.25) is 0 Å². The number of benzene rings is 3. The normalized spacial score (nSPS) is 14.2. The van der Waals surface area contributed by atoms with Crippen LogP contribution in [0.15, 0.2) is 83.8 Å². The molecule has 1 fully saturated rings. The van der Waals surface area contributed by atoms with E-state index in [1.807, 2.05) is 24.3 Å². The summed E-state index contributed by atoms with van der Waals surface area (Å²) in [5.74, 6) is -0.503. The quantitative estimate of drug-likeness (QED) is 0.320. The van der Waals surface area contributed by atoms with Gasteiger partial charge in [-0.2, -0.15) is 0 Å². The highest BCUT2D eigenvalue weighted by molar-refractivity contribution is 7.92. The van der Waals surface area contributed by atoms with Gasteiger partial charge in [-0.15, -0.1) is 0 Å². The Hall–Kier alpha value is -3.80. The van der Waals surface area contributed by atoms with E-state index in [1.165, 1.54) is 36.4 Å². The van der Waals surface area contributed by atoms with Crippen LogP contribution in [-0.4, -0.2) is 57.0 Å². The maximum Gasteiger partial charge on any atom is 0.269 e. The van der Waals surface area contributed by atoms with Gasteiger partial charge in [-0.3, -0.25) is 24.1 Å². The van der Waals surface area contributed by atoms with Gasteiger partial charge in [-0.1, -0.05) is 42.5 Å². The number of nitro benzene ring substituents is 1. The van der Waals surface area contributed by atoms with E-state index in [0.29, 0.717) is 13.2 Å². The predicted octanol–water partition coefficient (Wildman–Crippen LogP) is 2.94. The van der Waals surface area contributed by atoms with Crippen molar-refractivity contribution >= 4 is 27.3 Å². The Labute approximate surface area is 215 Å². The first-order valence-electron chi connectivity index (χ1n) is 11.8. The summed E-state index contributed by atoms with van der Waals surface area (Å²) in [6, 6.07) is 20.7. The fourth-order valence-corrected chi connectivity index (χ4v) is 5.46. The first-order valence-corrected chi connectivity index (χ1v) is 13.2. The molecule has 1 aliphatic heterocycles. The van der Waals surface area contributed by atoms with E-state index in [0.717, 1.165) is 35.1 Å². The van der Waals surface area contributed by atoms with Crippen LogP contribution in [0.5, 0.6) is 0 Å². The summed E-state index contributed by atoms with van der Waals surface area (Å²) < 4.78 is 33.1. The van der Waals surface area contributed by atoms with E-state index in [-0.39, 0.29) is 22.8 Å². The molecule has 0 atom stereocenters. The van der Waals surface area contributed by atoms with Crippen molar-refractivity contribution in [1.29, 1.82) is 0 Å². The number of nitro groups is 1. The van der Waals surface area contributed by atoms with Crippen LogP contribution in [0.1, 0.15) is 11.1 Å². The average Bonchev–Trinajstić information content (AvgIpc) is 2.92. The Morgan fingerprint density at radius 2 is 1.65 bits per heavy atom. The maximum atomic E-state index is 13.4. The first-order chi connectivity index (χ1) is 17.8. The zero-order valence-electron chi connectivity index (χ0n) is 20.2. The average molecular weight is 525 g/mol. The third-order valence-corrected chi connectivity index (χ3v) is 7.75. The van der Waals surface area contributed by atoms with Gasteiger partial charge in [0.1, 0.15) is 6.54 Å². The Bertz CT molecular complexity index is 1330. The standard InChI is InChI=1S/C26H28N4O6S/c31-26(27-18-21-5-4-6-22(17-21)19-28-13-15-36-16-14-28)20-29(23-9-11-24(12-10-23)30(32)33)37(34,35)25-7-2-1-3-8-25/h1-12,17H,13-16,18-20H2,(H,27,31). The van der Waals surface area contributed by atoms with E-state index < -0.39 is 27.4 Å². The lowest BCUT2D eigenvalue weighted by Crippen LogP contribution is -2.40. The zero-order valence-corrected chi connectivity index (χ0v) is 21.0. The molecule has 1 N–H and O–H groups in total. The van der Waals surface area contributed by atoms with Crippen LogP contribution in [0, 0.1) is 10.1 Å². The summed E-state index contributed by atoms with van der Waals surface area (Å²) in [5, 5.41) is 13.8. The van der Waals surface area contributed by atoms with Gasteiger partial charge in [0.2, 0.25) is 5.91 Å². The molecular weight excluding hydrogens is 496 g/mol. The number of amides is 1. The van der Waals surface area contributed by atoms with Crippen molar-refractivity contribution in [3.8, 4) is 0 Å². The fraction of sp³-hybridized carbons (Fsp3) is 0.269. The highest BCUT2D eigenvalue weighted by atomic mass is 32.2. The number of anilines is 1.